The van der Waals surface area contributed by atoms with E-state index < -0.39 is 17.6 Å². The van der Waals surface area contributed by atoms with E-state index in [0.717, 1.165) is 49.1 Å². The first kappa shape index (κ1) is 24.3. The van der Waals surface area contributed by atoms with Gasteiger partial charge in [-0.1, -0.05) is 19.1 Å². The van der Waals surface area contributed by atoms with Gasteiger partial charge in [0.1, 0.15) is 0 Å². The van der Waals surface area contributed by atoms with Crippen molar-refractivity contribution < 1.29 is 22.8 Å². The van der Waals surface area contributed by atoms with Crippen molar-refractivity contribution in [3.05, 3.63) is 64.7 Å². The minimum Gasteiger partial charge on any atom is -0.342 e. The van der Waals surface area contributed by atoms with Crippen LogP contribution in [-0.2, 0) is 11.0 Å². The van der Waals surface area contributed by atoms with Crippen LogP contribution in [0.5, 0.6) is 0 Å². The highest BCUT2D eigenvalue weighted by Gasteiger charge is 2.43. The zero-order valence-electron chi connectivity index (χ0n) is 19.6. The molecule has 2 saturated heterocycles. The van der Waals surface area contributed by atoms with Crippen LogP contribution >= 0.6 is 0 Å². The van der Waals surface area contributed by atoms with Crippen molar-refractivity contribution in [1.29, 1.82) is 0 Å². The van der Waals surface area contributed by atoms with Gasteiger partial charge >= 0.3 is 6.18 Å². The molecule has 2 aromatic carbocycles. The summed E-state index contributed by atoms with van der Waals surface area (Å²) in [6.45, 7) is 4.94. The quantitative estimate of drug-likeness (QED) is 0.659. The van der Waals surface area contributed by atoms with Gasteiger partial charge < -0.3 is 15.5 Å². The summed E-state index contributed by atoms with van der Waals surface area (Å²) in [6.07, 6.45) is -1.82. The minimum atomic E-state index is -4.52. The van der Waals surface area contributed by atoms with Crippen LogP contribution in [0.25, 0.3) is 0 Å². The smallest absolute Gasteiger partial charge is 0.342 e. The molecule has 0 aromatic heterocycles. The van der Waals surface area contributed by atoms with Gasteiger partial charge in [0.2, 0.25) is 5.91 Å². The number of nitrogens with one attached hydrogen (secondary N) is 2. The molecule has 2 aliphatic heterocycles. The van der Waals surface area contributed by atoms with E-state index in [9.17, 15) is 22.8 Å². The summed E-state index contributed by atoms with van der Waals surface area (Å²) in [5.41, 5.74) is 1.29. The molecule has 4 atom stereocenters. The Balaban J connectivity index is 1.55. The Labute approximate surface area is 197 Å². The van der Waals surface area contributed by atoms with E-state index in [0.29, 0.717) is 17.6 Å². The van der Waals surface area contributed by atoms with Gasteiger partial charge in [-0.3, -0.25) is 9.59 Å². The van der Waals surface area contributed by atoms with Gasteiger partial charge in [-0.25, -0.2) is 0 Å². The summed E-state index contributed by atoms with van der Waals surface area (Å²) in [4.78, 5) is 27.9. The second kappa shape index (κ2) is 9.41. The van der Waals surface area contributed by atoms with E-state index in [1.165, 1.54) is 12.1 Å². The van der Waals surface area contributed by atoms with E-state index >= 15 is 0 Å². The molecule has 2 aliphatic rings. The number of hydrogen-bond acceptors (Lipinski definition) is 3. The predicted octanol–water partition coefficient (Wildman–Crippen LogP) is 4.97. The van der Waals surface area contributed by atoms with Crippen LogP contribution in [0.4, 0.5) is 18.9 Å². The summed E-state index contributed by atoms with van der Waals surface area (Å²) in [6, 6.07) is 10.3. The number of halogens is 3. The maximum absolute atomic E-state index is 13.3. The van der Waals surface area contributed by atoms with Gasteiger partial charge in [0.05, 0.1) is 11.5 Å². The number of hydrogen-bond donors (Lipinski definition) is 2. The zero-order valence-corrected chi connectivity index (χ0v) is 19.6. The molecule has 182 valence electrons. The number of carbonyl (C=O) groups excluding carboxylic acids is 2. The number of amides is 2. The number of likely N-dealkylation sites (N-methyl/N-ethyl adjacent to an activating group) is 1. The van der Waals surface area contributed by atoms with E-state index in [2.05, 4.69) is 17.6 Å². The lowest BCUT2D eigenvalue weighted by atomic mass is 9.74. The monoisotopic (exact) mass is 473 g/mol. The molecule has 8 heteroatoms. The predicted molar refractivity (Wildman–Crippen MR) is 125 cm³/mol. The van der Waals surface area contributed by atoms with Crippen LogP contribution in [0, 0.1) is 12.8 Å². The molecule has 2 amide bonds. The molecule has 2 fully saturated rings. The second-order valence-corrected chi connectivity index (χ2v) is 9.42. The Morgan fingerprint density at radius 2 is 1.94 bits per heavy atom. The van der Waals surface area contributed by atoms with Crippen LogP contribution in [0.1, 0.15) is 59.2 Å². The number of aryl methyl sites for hydroxylation is 1. The lowest BCUT2D eigenvalue weighted by Crippen LogP contribution is -2.58. The molecule has 2 heterocycles. The fourth-order valence-electron chi connectivity index (χ4n) is 5.25. The Morgan fingerprint density at radius 3 is 2.65 bits per heavy atom. The van der Waals surface area contributed by atoms with Crippen LogP contribution in [-0.4, -0.2) is 42.4 Å². The largest absolute Gasteiger partial charge is 0.416 e. The van der Waals surface area contributed by atoms with E-state index in [1.807, 2.05) is 24.9 Å². The van der Waals surface area contributed by atoms with Crippen LogP contribution in [0.15, 0.2) is 42.5 Å². The van der Waals surface area contributed by atoms with Crippen LogP contribution in [0.3, 0.4) is 0 Å². The van der Waals surface area contributed by atoms with Gasteiger partial charge in [0.15, 0.2) is 0 Å². The Kier molecular flexibility index (Phi) is 6.71. The Bertz CT molecular complexity index is 1090. The average molecular weight is 474 g/mol. The summed E-state index contributed by atoms with van der Waals surface area (Å²) in [5.74, 6) is -0.535. The molecular formula is C26H30F3N3O2. The first-order valence-electron chi connectivity index (χ1n) is 11.7. The third kappa shape index (κ3) is 4.82. The first-order valence-corrected chi connectivity index (χ1v) is 11.7. The number of benzene rings is 2. The highest BCUT2D eigenvalue weighted by atomic mass is 19.4. The third-order valence-corrected chi connectivity index (χ3v) is 7.28. The van der Waals surface area contributed by atoms with Crippen LogP contribution < -0.4 is 10.6 Å². The molecule has 2 aromatic rings. The van der Waals surface area contributed by atoms with Crippen LogP contribution in [0.2, 0.25) is 0 Å². The minimum absolute atomic E-state index is 0.0717. The van der Waals surface area contributed by atoms with Gasteiger partial charge in [-0.05, 0) is 73.6 Å². The summed E-state index contributed by atoms with van der Waals surface area (Å²) < 4.78 is 39.1. The maximum Gasteiger partial charge on any atom is 0.416 e. The molecule has 5 nitrogen and oxygen atoms in total. The topological polar surface area (TPSA) is 61.4 Å². The SMILES string of the molecule is CCC1CC2C(CN1)CC(c1cc(NC(=O)c3cccc(C(F)(F)F)c3)ccc1C)C(=O)N2C. The molecule has 0 radical (unpaired) electrons. The van der Waals surface area contributed by atoms with Crippen molar-refractivity contribution in [3.8, 4) is 0 Å². The van der Waals surface area contributed by atoms with Crippen molar-refractivity contribution in [2.24, 2.45) is 5.92 Å². The molecular weight excluding hydrogens is 443 g/mol. The van der Waals surface area contributed by atoms with Gasteiger partial charge in [-0.2, -0.15) is 13.2 Å². The third-order valence-electron chi connectivity index (χ3n) is 7.28. The van der Waals surface area contributed by atoms with Crippen molar-refractivity contribution in [3.63, 3.8) is 0 Å². The summed E-state index contributed by atoms with van der Waals surface area (Å²) in [7, 11) is 1.87. The number of fused-ring (bicyclic) bond motifs is 1. The number of nitrogens with zero attached hydrogens (tertiary/aromatic N) is 1. The zero-order chi connectivity index (χ0) is 24.6. The Morgan fingerprint density at radius 1 is 1.18 bits per heavy atom. The standard InChI is InChI=1S/C26H30F3N3O2/c1-4-19-13-23-17(14-30-19)11-22(25(34)32(23)3)21-12-20(9-8-15(21)2)31-24(33)16-6-5-7-18(10-16)26(27,28)29/h5-10,12,17,19,22-23,30H,4,11,13-14H2,1-3H3,(H,31,33). The summed E-state index contributed by atoms with van der Waals surface area (Å²) in [5, 5.41) is 6.28. The number of likely N-dealkylation sites (tertiary alicyclic amines) is 1. The first-order chi connectivity index (χ1) is 16.1. The maximum atomic E-state index is 13.3. The molecule has 4 unspecified atom stereocenters. The van der Waals surface area contributed by atoms with Crippen molar-refractivity contribution in [2.45, 2.75) is 57.3 Å². The highest BCUT2D eigenvalue weighted by Crippen LogP contribution is 2.39. The van der Waals surface area contributed by atoms with E-state index in [-0.39, 0.29) is 23.4 Å². The number of piperidine rings is 2. The highest BCUT2D eigenvalue weighted by molar-refractivity contribution is 6.04. The van der Waals surface area contributed by atoms with E-state index in [1.54, 1.807) is 12.1 Å². The molecule has 0 bridgehead atoms. The Hall–Kier alpha value is -2.87. The molecule has 0 aliphatic carbocycles. The molecule has 0 saturated carbocycles. The van der Waals surface area contributed by atoms with E-state index in [4.69, 9.17) is 0 Å². The normalized spacial score (nSPS) is 25.1. The number of anilines is 1. The molecule has 4 rings (SSSR count). The second-order valence-electron chi connectivity index (χ2n) is 9.42. The molecule has 34 heavy (non-hydrogen) atoms. The number of alkyl halides is 3. The fraction of sp³-hybridized carbons (Fsp3) is 0.462. The molecule has 2 N–H and O–H groups in total. The lowest BCUT2D eigenvalue weighted by molar-refractivity contribution is -0.140. The number of rotatable bonds is 4. The molecule has 0 spiro atoms. The van der Waals surface area contributed by atoms with Crippen molar-refractivity contribution >= 4 is 17.5 Å². The van der Waals surface area contributed by atoms with Crippen molar-refractivity contribution in [2.75, 3.05) is 18.9 Å². The lowest BCUT2D eigenvalue weighted by Gasteiger charge is -2.47. The average Bonchev–Trinajstić information content (AvgIpc) is 2.82. The van der Waals surface area contributed by atoms with Gasteiger partial charge in [0.25, 0.3) is 5.91 Å². The van der Waals surface area contributed by atoms with Crippen molar-refractivity contribution in [1.82, 2.24) is 10.2 Å². The van der Waals surface area contributed by atoms with Gasteiger partial charge in [-0.15, -0.1) is 0 Å². The van der Waals surface area contributed by atoms with Gasteiger partial charge in [0, 0.05) is 36.9 Å². The number of carbonyl (C=O) groups is 2. The fourth-order valence-corrected chi connectivity index (χ4v) is 5.25. The summed E-state index contributed by atoms with van der Waals surface area (Å²) >= 11 is 0.